The maximum Gasteiger partial charge on any atom is 0.120 e. The van der Waals surface area contributed by atoms with Gasteiger partial charge in [-0.2, -0.15) is 0 Å². The Morgan fingerprint density at radius 1 is 1.26 bits per heavy atom. The molecule has 0 aromatic heterocycles. The van der Waals surface area contributed by atoms with Crippen molar-refractivity contribution in [2.24, 2.45) is 0 Å². The van der Waals surface area contributed by atoms with Crippen molar-refractivity contribution in [2.75, 3.05) is 13.7 Å². The molecule has 1 N–H and O–H groups in total. The average Bonchev–Trinajstić information content (AvgIpc) is 2.35. The van der Waals surface area contributed by atoms with Crippen LogP contribution in [0.15, 0.2) is 24.3 Å². The van der Waals surface area contributed by atoms with Crippen molar-refractivity contribution in [3.05, 3.63) is 29.8 Å². The van der Waals surface area contributed by atoms with Crippen LogP contribution in [0.25, 0.3) is 0 Å². The maximum atomic E-state index is 5.76. The third-order valence-corrected chi connectivity index (χ3v) is 3.19. The summed E-state index contributed by atoms with van der Waals surface area (Å²) in [5.41, 5.74) is 0.916. The lowest BCUT2D eigenvalue weighted by atomic mass is 9.91. The topological polar surface area (TPSA) is 30.5 Å². The Bertz CT molecular complexity index is 388. The lowest BCUT2D eigenvalue weighted by molar-refractivity contribution is -0.0107. The number of likely N-dealkylation sites (N-methyl/N-ethyl adjacent to an activating group) is 1. The molecule has 3 nitrogen and oxygen atoms in total. The molecule has 1 unspecified atom stereocenters. The summed E-state index contributed by atoms with van der Waals surface area (Å²) in [5.74, 6) is 0.905. The Balaban J connectivity index is 3.02. The molecule has 3 heteroatoms. The van der Waals surface area contributed by atoms with Crippen LogP contribution in [0.4, 0.5) is 0 Å². The van der Waals surface area contributed by atoms with Crippen LogP contribution in [0.3, 0.4) is 0 Å². The van der Waals surface area contributed by atoms with Gasteiger partial charge in [0.1, 0.15) is 5.75 Å². The van der Waals surface area contributed by atoms with Gasteiger partial charge in [-0.05, 0) is 51.9 Å². The number of methoxy groups -OCH3 is 1. The highest BCUT2D eigenvalue weighted by atomic mass is 16.5. The molecule has 1 aromatic rings. The summed E-state index contributed by atoms with van der Waals surface area (Å²) in [7, 11) is 1.75. The van der Waals surface area contributed by atoms with Crippen LogP contribution in [-0.4, -0.2) is 25.4 Å². The third kappa shape index (κ3) is 4.51. The zero-order valence-corrected chi connectivity index (χ0v) is 13.0. The minimum atomic E-state index is -0.271. The Hall–Kier alpha value is -1.06. The van der Waals surface area contributed by atoms with Gasteiger partial charge in [-0.15, -0.1) is 0 Å². The van der Waals surface area contributed by atoms with Gasteiger partial charge in [0.25, 0.3) is 0 Å². The highest BCUT2D eigenvalue weighted by molar-refractivity contribution is 5.32. The molecule has 0 saturated carbocycles. The monoisotopic (exact) mass is 265 g/mol. The minimum absolute atomic E-state index is 0.137. The van der Waals surface area contributed by atoms with Crippen LogP contribution in [0.5, 0.6) is 5.75 Å². The zero-order valence-electron chi connectivity index (χ0n) is 13.0. The molecule has 0 amide bonds. The second kappa shape index (κ2) is 6.92. The van der Waals surface area contributed by atoms with Gasteiger partial charge in [-0.1, -0.05) is 19.1 Å². The smallest absolute Gasteiger partial charge is 0.120 e. The molecule has 0 aliphatic carbocycles. The molecule has 1 aromatic carbocycles. The average molecular weight is 265 g/mol. The molecule has 0 fully saturated rings. The second-order valence-corrected chi connectivity index (χ2v) is 5.54. The third-order valence-electron chi connectivity index (χ3n) is 3.19. The Labute approximate surface area is 117 Å². The number of hydrogen-bond donors (Lipinski definition) is 1. The van der Waals surface area contributed by atoms with E-state index in [-0.39, 0.29) is 17.7 Å². The number of rotatable bonds is 7. The van der Waals surface area contributed by atoms with E-state index in [1.54, 1.807) is 7.11 Å². The van der Waals surface area contributed by atoms with Crippen LogP contribution < -0.4 is 10.1 Å². The van der Waals surface area contributed by atoms with Crippen LogP contribution in [0.2, 0.25) is 0 Å². The Kier molecular flexibility index (Phi) is 5.83. The van der Waals surface area contributed by atoms with E-state index in [1.165, 1.54) is 5.56 Å². The van der Waals surface area contributed by atoms with Crippen molar-refractivity contribution in [1.29, 1.82) is 0 Å². The molecule has 108 valence electrons. The van der Waals surface area contributed by atoms with Gasteiger partial charge < -0.3 is 14.8 Å². The van der Waals surface area contributed by atoms with E-state index in [2.05, 4.69) is 38.2 Å². The zero-order chi connectivity index (χ0) is 14.5. The van der Waals surface area contributed by atoms with Gasteiger partial charge in [0, 0.05) is 7.11 Å². The molecular formula is C16H27NO2. The Morgan fingerprint density at radius 3 is 2.47 bits per heavy atom. The van der Waals surface area contributed by atoms with E-state index in [9.17, 15) is 0 Å². The quantitative estimate of drug-likeness (QED) is 0.818. The normalized spacial score (nSPS) is 13.6. The standard InChI is InChI=1S/C16H27NO2/c1-7-17-15(16(4,5)18-6)13-9-8-10-14(11-13)19-12(2)3/h8-12,15,17H,7H2,1-6H3. The van der Waals surface area contributed by atoms with Crippen LogP contribution >= 0.6 is 0 Å². The predicted molar refractivity (Wildman–Crippen MR) is 79.7 cm³/mol. The minimum Gasteiger partial charge on any atom is -0.491 e. The van der Waals surface area contributed by atoms with E-state index in [0.717, 1.165) is 12.3 Å². The summed E-state index contributed by atoms with van der Waals surface area (Å²) in [5, 5.41) is 3.49. The number of benzene rings is 1. The van der Waals surface area contributed by atoms with Crippen LogP contribution in [-0.2, 0) is 4.74 Å². The highest BCUT2D eigenvalue weighted by Crippen LogP contribution is 2.30. The summed E-state index contributed by atoms with van der Waals surface area (Å²) >= 11 is 0. The molecule has 0 bridgehead atoms. The first kappa shape index (κ1) is 16.0. The van der Waals surface area contributed by atoms with Crippen molar-refractivity contribution in [3.63, 3.8) is 0 Å². The van der Waals surface area contributed by atoms with E-state index in [4.69, 9.17) is 9.47 Å². The van der Waals surface area contributed by atoms with Gasteiger partial charge in [-0.3, -0.25) is 0 Å². The molecule has 19 heavy (non-hydrogen) atoms. The van der Waals surface area contributed by atoms with Gasteiger partial charge in [0.05, 0.1) is 17.7 Å². The first-order chi connectivity index (χ1) is 8.90. The van der Waals surface area contributed by atoms with Crippen molar-refractivity contribution in [1.82, 2.24) is 5.32 Å². The van der Waals surface area contributed by atoms with Crippen molar-refractivity contribution < 1.29 is 9.47 Å². The lowest BCUT2D eigenvalue weighted by Crippen LogP contribution is -2.40. The van der Waals surface area contributed by atoms with Crippen molar-refractivity contribution in [2.45, 2.75) is 52.4 Å². The van der Waals surface area contributed by atoms with E-state index < -0.39 is 0 Å². The molecular weight excluding hydrogens is 238 g/mol. The van der Waals surface area contributed by atoms with Gasteiger partial charge in [-0.25, -0.2) is 0 Å². The molecule has 0 aliphatic heterocycles. The van der Waals surface area contributed by atoms with Gasteiger partial charge in [0.2, 0.25) is 0 Å². The largest absolute Gasteiger partial charge is 0.491 e. The fraction of sp³-hybridized carbons (Fsp3) is 0.625. The first-order valence-corrected chi connectivity index (χ1v) is 6.95. The molecule has 1 rings (SSSR count). The molecule has 0 heterocycles. The number of hydrogen-bond acceptors (Lipinski definition) is 3. The summed E-state index contributed by atoms with van der Waals surface area (Å²) in [4.78, 5) is 0. The highest BCUT2D eigenvalue weighted by Gasteiger charge is 2.30. The summed E-state index contributed by atoms with van der Waals surface area (Å²) in [6.07, 6.45) is 0.184. The number of nitrogens with one attached hydrogen (secondary N) is 1. The molecule has 0 radical (unpaired) electrons. The summed E-state index contributed by atoms with van der Waals surface area (Å²) < 4.78 is 11.4. The molecule has 0 saturated heterocycles. The first-order valence-electron chi connectivity index (χ1n) is 6.95. The molecule has 1 atom stereocenters. The molecule has 0 spiro atoms. The number of ether oxygens (including phenoxy) is 2. The van der Waals surface area contributed by atoms with Gasteiger partial charge in [0.15, 0.2) is 0 Å². The van der Waals surface area contributed by atoms with Crippen molar-refractivity contribution >= 4 is 0 Å². The van der Waals surface area contributed by atoms with Crippen LogP contribution in [0.1, 0.15) is 46.2 Å². The Morgan fingerprint density at radius 2 is 1.95 bits per heavy atom. The predicted octanol–water partition coefficient (Wildman–Crippen LogP) is 3.55. The lowest BCUT2D eigenvalue weighted by Gasteiger charge is -2.34. The van der Waals surface area contributed by atoms with E-state index in [0.29, 0.717) is 0 Å². The van der Waals surface area contributed by atoms with E-state index in [1.807, 2.05) is 26.0 Å². The molecule has 0 aliphatic rings. The SMILES string of the molecule is CCNC(c1cccc(OC(C)C)c1)C(C)(C)OC. The van der Waals surface area contributed by atoms with E-state index >= 15 is 0 Å². The summed E-state index contributed by atoms with van der Waals surface area (Å²) in [6, 6.07) is 8.36. The second-order valence-electron chi connectivity index (χ2n) is 5.54. The fourth-order valence-electron chi connectivity index (χ4n) is 2.13. The maximum absolute atomic E-state index is 5.76. The summed E-state index contributed by atoms with van der Waals surface area (Å²) in [6.45, 7) is 11.3. The fourth-order valence-corrected chi connectivity index (χ4v) is 2.13. The van der Waals surface area contributed by atoms with Gasteiger partial charge >= 0.3 is 0 Å². The van der Waals surface area contributed by atoms with Crippen molar-refractivity contribution in [3.8, 4) is 5.75 Å². The van der Waals surface area contributed by atoms with Crippen LogP contribution in [0, 0.1) is 0 Å².